The number of nitrogens with one attached hydrogen (secondary N) is 1. The van der Waals surface area contributed by atoms with Crippen LogP contribution in [0, 0.1) is 5.41 Å². The monoisotopic (exact) mass is 232 g/mol. The van der Waals surface area contributed by atoms with Crippen LogP contribution in [0.5, 0.6) is 0 Å². The van der Waals surface area contributed by atoms with E-state index in [4.69, 9.17) is 0 Å². The summed E-state index contributed by atoms with van der Waals surface area (Å²) in [5.74, 6) is 0. The number of hydrogen-bond donors (Lipinski definition) is 1. The molecule has 0 radical (unpaired) electrons. The molecule has 0 spiro atoms. The molecule has 0 aliphatic heterocycles. The summed E-state index contributed by atoms with van der Waals surface area (Å²) in [6, 6.07) is 1.07. The molecule has 0 saturated carbocycles. The zero-order chi connectivity index (χ0) is 12.4. The number of pyridine rings is 1. The van der Waals surface area contributed by atoms with Gasteiger partial charge < -0.3 is 5.32 Å². The van der Waals surface area contributed by atoms with Crippen molar-refractivity contribution in [2.45, 2.75) is 26.9 Å². The Morgan fingerprint density at radius 2 is 1.81 bits per heavy atom. The van der Waals surface area contributed by atoms with Gasteiger partial charge in [-0.05, 0) is 11.5 Å². The summed E-state index contributed by atoms with van der Waals surface area (Å²) in [6.07, 6.45) is -2.13. The Hall–Kier alpha value is -1.26. The summed E-state index contributed by atoms with van der Waals surface area (Å²) in [5.41, 5.74) is -0.329. The van der Waals surface area contributed by atoms with Crippen molar-refractivity contribution in [3.8, 4) is 0 Å². The van der Waals surface area contributed by atoms with E-state index in [0.29, 0.717) is 12.2 Å². The largest absolute Gasteiger partial charge is 0.417 e. The van der Waals surface area contributed by atoms with Crippen molar-refractivity contribution in [3.05, 3.63) is 24.0 Å². The molecule has 0 aliphatic carbocycles. The molecule has 16 heavy (non-hydrogen) atoms. The molecule has 1 heterocycles. The van der Waals surface area contributed by atoms with Crippen molar-refractivity contribution in [2.24, 2.45) is 5.41 Å². The molecule has 0 unspecified atom stereocenters. The van der Waals surface area contributed by atoms with Gasteiger partial charge in [0.05, 0.1) is 11.3 Å². The Morgan fingerprint density at radius 1 is 1.19 bits per heavy atom. The first-order chi connectivity index (χ1) is 7.18. The highest BCUT2D eigenvalue weighted by molar-refractivity contribution is 5.43. The molecule has 1 N–H and O–H groups in total. The van der Waals surface area contributed by atoms with Gasteiger partial charge in [0.1, 0.15) is 0 Å². The number of nitrogens with zero attached hydrogens (tertiary/aromatic N) is 1. The van der Waals surface area contributed by atoms with Crippen LogP contribution in [0.1, 0.15) is 26.3 Å². The number of halogens is 3. The molecule has 1 rings (SSSR count). The van der Waals surface area contributed by atoms with E-state index in [1.807, 2.05) is 20.8 Å². The van der Waals surface area contributed by atoms with Crippen molar-refractivity contribution in [1.29, 1.82) is 0 Å². The predicted octanol–water partition coefficient (Wildman–Crippen LogP) is 3.56. The van der Waals surface area contributed by atoms with E-state index >= 15 is 0 Å². The second-order valence-electron chi connectivity index (χ2n) is 4.87. The smallest absolute Gasteiger partial charge is 0.383 e. The number of rotatable bonds is 2. The Labute approximate surface area is 92.9 Å². The van der Waals surface area contributed by atoms with Gasteiger partial charge in [-0.2, -0.15) is 13.2 Å². The number of anilines is 1. The highest BCUT2D eigenvalue weighted by Gasteiger charge is 2.31. The SMILES string of the molecule is CC(C)(C)CNc1cncc(C(F)(F)F)c1. The van der Waals surface area contributed by atoms with Gasteiger partial charge in [-0.15, -0.1) is 0 Å². The van der Waals surface area contributed by atoms with Crippen molar-refractivity contribution in [1.82, 2.24) is 4.98 Å². The maximum Gasteiger partial charge on any atom is 0.417 e. The molecule has 1 aromatic heterocycles. The summed E-state index contributed by atoms with van der Waals surface area (Å²) < 4.78 is 37.1. The minimum absolute atomic E-state index is 0.00817. The molecule has 1 aromatic rings. The molecule has 0 atom stereocenters. The summed E-state index contributed by atoms with van der Waals surface area (Å²) in [7, 11) is 0. The van der Waals surface area contributed by atoms with E-state index in [2.05, 4.69) is 10.3 Å². The highest BCUT2D eigenvalue weighted by Crippen LogP contribution is 2.30. The molecule has 0 bridgehead atoms. The minimum Gasteiger partial charge on any atom is -0.383 e. The van der Waals surface area contributed by atoms with Crippen LogP contribution in [0.15, 0.2) is 18.5 Å². The number of alkyl halides is 3. The lowest BCUT2D eigenvalue weighted by Crippen LogP contribution is -2.19. The molecule has 0 amide bonds. The van der Waals surface area contributed by atoms with E-state index in [9.17, 15) is 13.2 Å². The van der Waals surface area contributed by atoms with Crippen LogP contribution in [0.25, 0.3) is 0 Å². The fourth-order valence-electron chi connectivity index (χ4n) is 1.06. The molecule has 2 nitrogen and oxygen atoms in total. The van der Waals surface area contributed by atoms with Gasteiger partial charge in [-0.1, -0.05) is 20.8 Å². The molecule has 90 valence electrons. The summed E-state index contributed by atoms with van der Waals surface area (Å²) in [5, 5.41) is 2.93. The van der Waals surface area contributed by atoms with Crippen LogP contribution in [0.2, 0.25) is 0 Å². The molecule has 5 heteroatoms. The topological polar surface area (TPSA) is 24.9 Å². The first kappa shape index (κ1) is 12.8. The lowest BCUT2D eigenvalue weighted by molar-refractivity contribution is -0.137. The lowest BCUT2D eigenvalue weighted by atomic mass is 9.97. The van der Waals surface area contributed by atoms with Gasteiger partial charge in [-0.3, -0.25) is 4.98 Å². The maximum absolute atomic E-state index is 12.4. The fourth-order valence-corrected chi connectivity index (χ4v) is 1.06. The first-order valence-electron chi connectivity index (χ1n) is 4.95. The third kappa shape index (κ3) is 4.08. The quantitative estimate of drug-likeness (QED) is 0.843. The Bertz CT molecular complexity index is 353. The zero-order valence-electron chi connectivity index (χ0n) is 9.52. The maximum atomic E-state index is 12.4. The molecular formula is C11H15F3N2. The normalized spacial score (nSPS) is 12.6. The van der Waals surface area contributed by atoms with Gasteiger partial charge >= 0.3 is 6.18 Å². The minimum atomic E-state index is -4.34. The average molecular weight is 232 g/mol. The van der Waals surface area contributed by atoms with Crippen LogP contribution < -0.4 is 5.32 Å². The van der Waals surface area contributed by atoms with Crippen LogP contribution in [-0.2, 0) is 6.18 Å². The van der Waals surface area contributed by atoms with E-state index in [1.54, 1.807) is 0 Å². The Kier molecular flexibility index (Phi) is 3.45. The Morgan fingerprint density at radius 3 is 2.31 bits per heavy atom. The molecule has 0 saturated heterocycles. The van der Waals surface area contributed by atoms with E-state index in [0.717, 1.165) is 12.3 Å². The van der Waals surface area contributed by atoms with E-state index in [1.165, 1.54) is 6.20 Å². The van der Waals surface area contributed by atoms with Crippen LogP contribution >= 0.6 is 0 Å². The predicted molar refractivity (Wildman–Crippen MR) is 57.2 cm³/mol. The van der Waals surface area contributed by atoms with Gasteiger partial charge in [-0.25, -0.2) is 0 Å². The Balaban J connectivity index is 2.76. The third-order valence-corrected chi connectivity index (χ3v) is 1.89. The zero-order valence-corrected chi connectivity index (χ0v) is 9.52. The van der Waals surface area contributed by atoms with Crippen molar-refractivity contribution >= 4 is 5.69 Å². The summed E-state index contributed by atoms with van der Waals surface area (Å²) in [4.78, 5) is 3.57. The second-order valence-corrected chi connectivity index (χ2v) is 4.87. The second kappa shape index (κ2) is 4.31. The number of hydrogen-bond acceptors (Lipinski definition) is 2. The highest BCUT2D eigenvalue weighted by atomic mass is 19.4. The first-order valence-corrected chi connectivity index (χ1v) is 4.95. The molecular weight excluding hydrogens is 217 g/mol. The van der Waals surface area contributed by atoms with Crippen LogP contribution in [0.3, 0.4) is 0 Å². The van der Waals surface area contributed by atoms with Crippen molar-refractivity contribution in [2.75, 3.05) is 11.9 Å². The van der Waals surface area contributed by atoms with E-state index < -0.39 is 11.7 Å². The molecule has 0 aliphatic rings. The summed E-state index contributed by atoms with van der Waals surface area (Å²) in [6.45, 7) is 6.60. The lowest BCUT2D eigenvalue weighted by Gasteiger charge is -2.19. The molecule has 0 aromatic carbocycles. The van der Waals surface area contributed by atoms with Gasteiger partial charge in [0.25, 0.3) is 0 Å². The third-order valence-electron chi connectivity index (χ3n) is 1.89. The average Bonchev–Trinajstić information content (AvgIpc) is 2.13. The fraction of sp³-hybridized carbons (Fsp3) is 0.545. The van der Waals surface area contributed by atoms with Crippen LogP contribution in [0.4, 0.5) is 18.9 Å². The van der Waals surface area contributed by atoms with Gasteiger partial charge in [0.2, 0.25) is 0 Å². The summed E-state index contributed by atoms with van der Waals surface area (Å²) >= 11 is 0. The van der Waals surface area contributed by atoms with Crippen molar-refractivity contribution in [3.63, 3.8) is 0 Å². The standard InChI is InChI=1S/C11H15F3N2/c1-10(2,3)7-16-9-4-8(5-15-6-9)11(12,13)14/h4-6,16H,7H2,1-3H3. The van der Waals surface area contributed by atoms with E-state index in [-0.39, 0.29) is 5.41 Å². The number of aromatic nitrogens is 1. The van der Waals surface area contributed by atoms with Crippen molar-refractivity contribution < 1.29 is 13.2 Å². The van der Waals surface area contributed by atoms with Gasteiger partial charge in [0.15, 0.2) is 0 Å². The van der Waals surface area contributed by atoms with Crippen LogP contribution in [-0.4, -0.2) is 11.5 Å². The molecule has 0 fully saturated rings. The van der Waals surface area contributed by atoms with Gasteiger partial charge in [0, 0.05) is 18.9 Å².